The highest BCUT2D eigenvalue weighted by Crippen LogP contribution is 2.52. The van der Waals surface area contributed by atoms with Gasteiger partial charge in [0.25, 0.3) is 0 Å². The van der Waals surface area contributed by atoms with Crippen LogP contribution >= 0.6 is 0 Å². The molecule has 8 aromatic carbocycles. The molecule has 0 spiro atoms. The Kier molecular flexibility index (Phi) is 7.96. The van der Waals surface area contributed by atoms with Gasteiger partial charge in [0.1, 0.15) is 0 Å². The van der Waals surface area contributed by atoms with Crippen molar-refractivity contribution in [2.75, 3.05) is 4.90 Å². The second-order valence-electron chi connectivity index (χ2n) is 16.8. The summed E-state index contributed by atoms with van der Waals surface area (Å²) in [5, 5.41) is 5.01. The molecule has 0 bridgehead atoms. The second kappa shape index (κ2) is 13.4. The molecule has 2 heteroatoms. The highest BCUT2D eigenvalue weighted by atomic mass is 15.1. The van der Waals surface area contributed by atoms with Crippen LogP contribution in [0, 0.1) is 0 Å². The van der Waals surface area contributed by atoms with Gasteiger partial charge in [0.15, 0.2) is 0 Å². The largest absolute Gasteiger partial charge is 0.309 e. The van der Waals surface area contributed by atoms with Crippen molar-refractivity contribution in [3.05, 3.63) is 193 Å². The number of fused-ring (bicyclic) bond motifs is 7. The van der Waals surface area contributed by atoms with Crippen molar-refractivity contribution in [3.8, 4) is 27.9 Å². The minimum Gasteiger partial charge on any atom is -0.309 e. The van der Waals surface area contributed by atoms with Crippen LogP contribution in [0.3, 0.4) is 0 Å². The van der Waals surface area contributed by atoms with Gasteiger partial charge in [-0.1, -0.05) is 161 Å². The number of rotatable bonds is 6. The first kappa shape index (κ1) is 33.9. The third-order valence-electron chi connectivity index (χ3n) is 13.2. The van der Waals surface area contributed by atoms with Crippen LogP contribution in [0.25, 0.3) is 60.5 Å². The van der Waals surface area contributed by atoms with Crippen LogP contribution in [0.4, 0.5) is 17.1 Å². The zero-order valence-electron chi connectivity index (χ0n) is 32.8. The molecule has 2 nitrogen and oxygen atoms in total. The molecule has 0 saturated heterocycles. The molecular weight excluding hydrogens is 689 g/mol. The second-order valence-corrected chi connectivity index (χ2v) is 16.8. The fourth-order valence-corrected chi connectivity index (χ4v) is 10.3. The molecule has 2 aliphatic carbocycles. The molecule has 0 aliphatic heterocycles. The van der Waals surface area contributed by atoms with Crippen LogP contribution in [-0.2, 0) is 5.41 Å². The van der Waals surface area contributed by atoms with Crippen LogP contribution < -0.4 is 4.90 Å². The predicted octanol–water partition coefficient (Wildman–Crippen LogP) is 15.4. The normalized spacial score (nSPS) is 14.9. The third kappa shape index (κ3) is 5.46. The molecule has 1 heterocycles. The number of hydrogen-bond donors (Lipinski definition) is 0. The lowest BCUT2D eigenvalue weighted by molar-refractivity contribution is 0.444. The summed E-state index contributed by atoms with van der Waals surface area (Å²) in [5.41, 5.74) is 16.4. The number of aromatic nitrogens is 1. The molecule has 1 fully saturated rings. The summed E-state index contributed by atoms with van der Waals surface area (Å²) in [4.78, 5) is 2.55. The van der Waals surface area contributed by atoms with Gasteiger partial charge in [0, 0.05) is 44.2 Å². The molecule has 276 valence electrons. The maximum absolute atomic E-state index is 2.55. The standard InChI is InChI=1S/C55H46N2/c1-55(2)50-25-15-14-24-46(50)47-32-28-43(36-51(47)55)56(54-44-23-13-12-20-39(44)26-30-45(54)38-18-8-4-9-19-38)42-29-33-52-49(35-42)48-31-27-40(37-16-6-3-7-17-37)34-53(48)57(52)41-21-10-5-11-22-41/h4-5,8-15,18-37H,3,6-7,16-17H2,1-2H3. The zero-order chi connectivity index (χ0) is 38.1. The Balaban J connectivity index is 1.19. The lowest BCUT2D eigenvalue weighted by Crippen LogP contribution is -2.17. The Morgan fingerprint density at radius 2 is 1.18 bits per heavy atom. The number of hydrogen-bond acceptors (Lipinski definition) is 1. The van der Waals surface area contributed by atoms with E-state index in [4.69, 9.17) is 0 Å². The van der Waals surface area contributed by atoms with Crippen LogP contribution in [0.2, 0.25) is 0 Å². The van der Waals surface area contributed by atoms with Crippen molar-refractivity contribution in [1.29, 1.82) is 0 Å². The van der Waals surface area contributed by atoms with Crippen molar-refractivity contribution < 1.29 is 0 Å². The van der Waals surface area contributed by atoms with Crippen LogP contribution in [0.15, 0.2) is 176 Å². The number of benzene rings is 8. The molecule has 57 heavy (non-hydrogen) atoms. The Morgan fingerprint density at radius 3 is 2.02 bits per heavy atom. The molecule has 0 radical (unpaired) electrons. The van der Waals surface area contributed by atoms with Crippen molar-refractivity contribution in [2.45, 2.75) is 57.3 Å². The van der Waals surface area contributed by atoms with Crippen LogP contribution in [-0.4, -0.2) is 4.57 Å². The van der Waals surface area contributed by atoms with E-state index in [1.165, 1.54) is 115 Å². The van der Waals surface area contributed by atoms with E-state index >= 15 is 0 Å². The Morgan fingerprint density at radius 1 is 0.491 bits per heavy atom. The van der Waals surface area contributed by atoms with E-state index < -0.39 is 0 Å². The quantitative estimate of drug-likeness (QED) is 0.165. The molecule has 9 aromatic rings. The zero-order valence-corrected chi connectivity index (χ0v) is 32.8. The molecule has 2 aliphatic rings. The molecule has 0 amide bonds. The van der Waals surface area contributed by atoms with Gasteiger partial charge in [-0.2, -0.15) is 0 Å². The van der Waals surface area contributed by atoms with Gasteiger partial charge in [-0.05, 0) is 106 Å². The highest BCUT2D eigenvalue weighted by molar-refractivity contribution is 6.12. The maximum atomic E-state index is 2.55. The van der Waals surface area contributed by atoms with Crippen molar-refractivity contribution in [3.63, 3.8) is 0 Å². The molecule has 1 saturated carbocycles. The minimum atomic E-state index is -0.127. The molecule has 0 atom stereocenters. The Bertz CT molecular complexity index is 2960. The fraction of sp³-hybridized carbons (Fsp3) is 0.164. The Hall–Kier alpha value is -6.38. The first-order chi connectivity index (χ1) is 28.0. The topological polar surface area (TPSA) is 8.17 Å². The van der Waals surface area contributed by atoms with Gasteiger partial charge in [-0.15, -0.1) is 0 Å². The highest BCUT2D eigenvalue weighted by Gasteiger charge is 2.36. The summed E-state index contributed by atoms with van der Waals surface area (Å²) >= 11 is 0. The van der Waals surface area contributed by atoms with E-state index in [1.807, 2.05) is 0 Å². The summed E-state index contributed by atoms with van der Waals surface area (Å²) in [6.07, 6.45) is 6.59. The van der Waals surface area contributed by atoms with E-state index in [1.54, 1.807) is 0 Å². The number of para-hydroxylation sites is 1. The van der Waals surface area contributed by atoms with Gasteiger partial charge in [-0.25, -0.2) is 0 Å². The summed E-state index contributed by atoms with van der Waals surface area (Å²) in [7, 11) is 0. The average molecular weight is 735 g/mol. The molecule has 1 aromatic heterocycles. The number of anilines is 3. The molecule has 0 N–H and O–H groups in total. The summed E-state index contributed by atoms with van der Waals surface area (Å²) in [6, 6.07) is 66.0. The third-order valence-corrected chi connectivity index (χ3v) is 13.2. The van der Waals surface area contributed by atoms with Gasteiger partial charge < -0.3 is 9.47 Å². The van der Waals surface area contributed by atoms with Gasteiger partial charge in [0.05, 0.1) is 16.7 Å². The summed E-state index contributed by atoms with van der Waals surface area (Å²) in [5.74, 6) is 0.634. The fourth-order valence-electron chi connectivity index (χ4n) is 10.3. The minimum absolute atomic E-state index is 0.127. The van der Waals surface area contributed by atoms with Crippen molar-refractivity contribution in [2.24, 2.45) is 0 Å². The van der Waals surface area contributed by atoms with E-state index in [0.717, 1.165) is 11.4 Å². The monoisotopic (exact) mass is 734 g/mol. The lowest BCUT2D eigenvalue weighted by atomic mass is 9.82. The summed E-state index contributed by atoms with van der Waals surface area (Å²) in [6.45, 7) is 4.76. The molecular formula is C55H46N2. The first-order valence-electron chi connectivity index (χ1n) is 20.8. The van der Waals surface area contributed by atoms with Crippen LogP contribution in [0.1, 0.15) is 68.6 Å². The van der Waals surface area contributed by atoms with E-state index in [0.29, 0.717) is 5.92 Å². The van der Waals surface area contributed by atoms with E-state index in [2.05, 4.69) is 199 Å². The van der Waals surface area contributed by atoms with Gasteiger partial charge in [0.2, 0.25) is 0 Å². The van der Waals surface area contributed by atoms with E-state index in [9.17, 15) is 0 Å². The van der Waals surface area contributed by atoms with Gasteiger partial charge >= 0.3 is 0 Å². The first-order valence-corrected chi connectivity index (χ1v) is 20.8. The maximum Gasteiger partial charge on any atom is 0.0618 e. The molecule has 0 unspecified atom stereocenters. The van der Waals surface area contributed by atoms with Crippen molar-refractivity contribution >= 4 is 49.6 Å². The molecule has 11 rings (SSSR count). The van der Waals surface area contributed by atoms with E-state index in [-0.39, 0.29) is 5.41 Å². The van der Waals surface area contributed by atoms with Crippen molar-refractivity contribution in [1.82, 2.24) is 4.57 Å². The Labute approximate surface area is 335 Å². The van der Waals surface area contributed by atoms with Gasteiger partial charge in [-0.3, -0.25) is 0 Å². The SMILES string of the molecule is CC1(C)c2ccccc2-c2ccc(N(c3ccc4c(c3)c3ccc(C5CCCCC5)cc3n4-c3ccccc3)c3c(-c4ccccc4)ccc4ccccc34)cc21. The lowest BCUT2D eigenvalue weighted by Gasteiger charge is -2.31. The average Bonchev–Trinajstić information content (AvgIpc) is 3.72. The summed E-state index contributed by atoms with van der Waals surface area (Å²) < 4.78 is 2.49. The predicted molar refractivity (Wildman–Crippen MR) is 242 cm³/mol. The smallest absolute Gasteiger partial charge is 0.0618 e. The van der Waals surface area contributed by atoms with Crippen LogP contribution in [0.5, 0.6) is 0 Å². The number of nitrogens with zero attached hydrogens (tertiary/aromatic N) is 2.